The normalized spacial score (nSPS) is 21.1. The van der Waals surface area contributed by atoms with Gasteiger partial charge < -0.3 is 10.1 Å². The van der Waals surface area contributed by atoms with Crippen LogP contribution in [0.15, 0.2) is 0 Å². The summed E-state index contributed by atoms with van der Waals surface area (Å²) in [6, 6.07) is 0. The molecule has 1 aliphatic heterocycles. The zero-order valence-corrected chi connectivity index (χ0v) is 9.18. The van der Waals surface area contributed by atoms with Gasteiger partial charge in [-0.3, -0.25) is 4.79 Å². The Morgan fingerprint density at radius 3 is 3.07 bits per heavy atom. The molecule has 1 aliphatic rings. The first-order valence-electron chi connectivity index (χ1n) is 5.27. The lowest BCUT2D eigenvalue weighted by molar-refractivity contribution is -0.121. The van der Waals surface area contributed by atoms with E-state index < -0.39 is 0 Å². The van der Waals surface area contributed by atoms with E-state index in [1.165, 1.54) is 0 Å². The maximum absolute atomic E-state index is 11.3. The molecule has 0 aromatic carbocycles. The smallest absolute Gasteiger partial charge is 0.220 e. The van der Waals surface area contributed by atoms with Crippen molar-refractivity contribution in [2.75, 3.05) is 19.0 Å². The van der Waals surface area contributed by atoms with E-state index in [4.69, 9.17) is 16.3 Å². The lowest BCUT2D eigenvalue weighted by atomic mass is 10.1. The summed E-state index contributed by atoms with van der Waals surface area (Å²) in [6.45, 7) is 1.55. The van der Waals surface area contributed by atoms with Crippen molar-refractivity contribution in [3.63, 3.8) is 0 Å². The molecule has 1 unspecified atom stereocenters. The van der Waals surface area contributed by atoms with Gasteiger partial charge in [0.25, 0.3) is 0 Å². The van der Waals surface area contributed by atoms with Crippen LogP contribution in [0.2, 0.25) is 0 Å². The van der Waals surface area contributed by atoms with E-state index in [1.807, 2.05) is 0 Å². The number of ether oxygens (including phenoxy) is 1. The quantitative estimate of drug-likeness (QED) is 0.546. The molecule has 3 nitrogen and oxygen atoms in total. The molecule has 0 bridgehead atoms. The van der Waals surface area contributed by atoms with Crippen LogP contribution in [0.3, 0.4) is 0 Å². The number of hydrogen-bond donors (Lipinski definition) is 1. The highest BCUT2D eigenvalue weighted by molar-refractivity contribution is 6.17. The van der Waals surface area contributed by atoms with Crippen molar-refractivity contribution in [3.8, 4) is 0 Å². The standard InChI is InChI=1S/C10H18ClNO2/c11-6-2-7-12-10(13)5-4-9-3-1-8-14-9/h9H,1-8H2,(H,12,13). The van der Waals surface area contributed by atoms with Gasteiger partial charge in [0.1, 0.15) is 0 Å². The summed E-state index contributed by atoms with van der Waals surface area (Å²) in [5.74, 6) is 0.720. The van der Waals surface area contributed by atoms with Crippen molar-refractivity contribution in [1.29, 1.82) is 0 Å². The van der Waals surface area contributed by atoms with Gasteiger partial charge in [0.15, 0.2) is 0 Å². The highest BCUT2D eigenvalue weighted by Crippen LogP contribution is 2.16. The van der Waals surface area contributed by atoms with Gasteiger partial charge in [0.2, 0.25) is 5.91 Å². The van der Waals surface area contributed by atoms with Crippen LogP contribution in [0.25, 0.3) is 0 Å². The lowest BCUT2D eigenvalue weighted by Crippen LogP contribution is -2.25. The molecular formula is C10H18ClNO2. The summed E-state index contributed by atoms with van der Waals surface area (Å²) in [5.41, 5.74) is 0. The molecule has 14 heavy (non-hydrogen) atoms. The zero-order chi connectivity index (χ0) is 10.2. The molecule has 1 amide bonds. The molecule has 0 saturated carbocycles. The number of carbonyl (C=O) groups excluding carboxylic acids is 1. The second kappa shape index (κ2) is 7.07. The molecule has 1 atom stereocenters. The first-order valence-corrected chi connectivity index (χ1v) is 5.80. The van der Waals surface area contributed by atoms with Gasteiger partial charge in [0.05, 0.1) is 6.10 Å². The Balaban J connectivity index is 1.96. The minimum absolute atomic E-state index is 0.116. The molecule has 1 heterocycles. The lowest BCUT2D eigenvalue weighted by Gasteiger charge is -2.08. The van der Waals surface area contributed by atoms with Crippen LogP contribution < -0.4 is 5.32 Å². The first kappa shape index (κ1) is 11.8. The minimum atomic E-state index is 0.116. The summed E-state index contributed by atoms with van der Waals surface area (Å²) < 4.78 is 5.43. The molecule has 82 valence electrons. The van der Waals surface area contributed by atoms with Gasteiger partial charge in [-0.15, -0.1) is 11.6 Å². The predicted molar refractivity (Wildman–Crippen MR) is 56.6 cm³/mol. The van der Waals surface area contributed by atoms with Crippen LogP contribution in [-0.4, -0.2) is 31.0 Å². The van der Waals surface area contributed by atoms with Crippen molar-refractivity contribution < 1.29 is 9.53 Å². The molecule has 0 aromatic heterocycles. The Morgan fingerprint density at radius 2 is 2.43 bits per heavy atom. The summed E-state index contributed by atoms with van der Waals surface area (Å²) in [5, 5.41) is 2.83. The molecule has 1 rings (SSSR count). The van der Waals surface area contributed by atoms with Crippen LogP contribution in [0.1, 0.15) is 32.1 Å². The zero-order valence-electron chi connectivity index (χ0n) is 8.43. The molecule has 0 radical (unpaired) electrons. The van der Waals surface area contributed by atoms with Crippen molar-refractivity contribution in [2.24, 2.45) is 0 Å². The molecule has 4 heteroatoms. The van der Waals surface area contributed by atoms with E-state index in [0.29, 0.717) is 24.9 Å². The molecule has 1 N–H and O–H groups in total. The average Bonchev–Trinajstić information content (AvgIpc) is 2.68. The van der Waals surface area contributed by atoms with Crippen molar-refractivity contribution in [2.45, 2.75) is 38.2 Å². The molecule has 1 saturated heterocycles. The molecule has 0 aromatic rings. The Labute approximate surface area is 90.1 Å². The third-order valence-corrected chi connectivity index (χ3v) is 2.62. The largest absolute Gasteiger partial charge is 0.378 e. The number of carbonyl (C=O) groups is 1. The van der Waals surface area contributed by atoms with Gasteiger partial charge in [0, 0.05) is 25.5 Å². The topological polar surface area (TPSA) is 38.3 Å². The Kier molecular flexibility index (Phi) is 5.96. The fraction of sp³-hybridized carbons (Fsp3) is 0.900. The highest BCUT2D eigenvalue weighted by atomic mass is 35.5. The highest BCUT2D eigenvalue weighted by Gasteiger charge is 2.16. The van der Waals surface area contributed by atoms with Crippen LogP contribution in [0, 0.1) is 0 Å². The summed E-state index contributed by atoms with van der Waals surface area (Å²) in [6.07, 6.45) is 4.83. The van der Waals surface area contributed by atoms with Crippen LogP contribution in [0.5, 0.6) is 0 Å². The number of nitrogens with one attached hydrogen (secondary N) is 1. The Morgan fingerprint density at radius 1 is 1.57 bits per heavy atom. The monoisotopic (exact) mass is 219 g/mol. The second-order valence-corrected chi connectivity index (χ2v) is 3.94. The van der Waals surface area contributed by atoms with Gasteiger partial charge in [-0.2, -0.15) is 0 Å². The maximum Gasteiger partial charge on any atom is 0.220 e. The third-order valence-electron chi connectivity index (χ3n) is 2.35. The fourth-order valence-electron chi connectivity index (χ4n) is 1.55. The van der Waals surface area contributed by atoms with Gasteiger partial charge >= 0.3 is 0 Å². The molecule has 0 spiro atoms. The van der Waals surface area contributed by atoms with Crippen LogP contribution in [-0.2, 0) is 9.53 Å². The Bertz CT molecular complexity index is 170. The van der Waals surface area contributed by atoms with Gasteiger partial charge in [-0.1, -0.05) is 0 Å². The first-order chi connectivity index (χ1) is 6.83. The van der Waals surface area contributed by atoms with E-state index in [9.17, 15) is 4.79 Å². The SMILES string of the molecule is O=C(CCC1CCCO1)NCCCCl. The summed E-state index contributed by atoms with van der Waals surface area (Å²) in [7, 11) is 0. The van der Waals surface area contributed by atoms with Crippen molar-refractivity contribution in [3.05, 3.63) is 0 Å². The number of hydrogen-bond acceptors (Lipinski definition) is 2. The molecule has 0 aliphatic carbocycles. The van der Waals surface area contributed by atoms with Crippen molar-refractivity contribution in [1.82, 2.24) is 5.32 Å². The number of halogens is 1. The van der Waals surface area contributed by atoms with E-state index >= 15 is 0 Å². The number of rotatable bonds is 6. The average molecular weight is 220 g/mol. The Hall–Kier alpha value is -0.280. The van der Waals surface area contributed by atoms with Crippen LogP contribution >= 0.6 is 11.6 Å². The van der Waals surface area contributed by atoms with E-state index in [-0.39, 0.29) is 5.91 Å². The molecule has 1 fully saturated rings. The number of alkyl halides is 1. The van der Waals surface area contributed by atoms with E-state index in [2.05, 4.69) is 5.32 Å². The number of amides is 1. The minimum Gasteiger partial charge on any atom is -0.378 e. The van der Waals surface area contributed by atoms with Crippen molar-refractivity contribution >= 4 is 17.5 Å². The van der Waals surface area contributed by atoms with Gasteiger partial charge in [-0.25, -0.2) is 0 Å². The summed E-state index contributed by atoms with van der Waals surface area (Å²) >= 11 is 5.49. The van der Waals surface area contributed by atoms with E-state index in [0.717, 1.165) is 32.3 Å². The fourth-order valence-corrected chi connectivity index (χ4v) is 1.68. The van der Waals surface area contributed by atoms with E-state index in [1.54, 1.807) is 0 Å². The predicted octanol–water partition coefficient (Wildman–Crippen LogP) is 1.69. The maximum atomic E-state index is 11.3. The van der Waals surface area contributed by atoms with Gasteiger partial charge in [-0.05, 0) is 25.7 Å². The molecular weight excluding hydrogens is 202 g/mol. The van der Waals surface area contributed by atoms with Crippen LogP contribution in [0.4, 0.5) is 0 Å². The second-order valence-electron chi connectivity index (χ2n) is 3.57. The summed E-state index contributed by atoms with van der Waals surface area (Å²) in [4.78, 5) is 11.3. The third kappa shape index (κ3) is 4.82.